The van der Waals surface area contributed by atoms with E-state index in [4.69, 9.17) is 9.15 Å². The first-order chi connectivity index (χ1) is 12.4. The largest absolute Gasteiger partial charge is 0.544 e. The molecule has 26 heavy (non-hydrogen) atoms. The number of fused-ring (bicyclic) bond motifs is 1. The molecule has 0 saturated carbocycles. The summed E-state index contributed by atoms with van der Waals surface area (Å²) in [6.07, 6.45) is 1.58. The van der Waals surface area contributed by atoms with Crippen LogP contribution in [0, 0.1) is 6.92 Å². The normalized spacial score (nSPS) is 11.9. The number of thioether (sulfide) groups is 1. The molecule has 0 atom stereocenters. The molecule has 3 rings (SSSR count). The lowest BCUT2D eigenvalue weighted by atomic mass is 10.0. The van der Waals surface area contributed by atoms with Crippen LogP contribution < -0.4 is 9.84 Å². The van der Waals surface area contributed by atoms with Gasteiger partial charge in [0.05, 0.1) is 12.1 Å². The number of carboxylic acids is 1. The summed E-state index contributed by atoms with van der Waals surface area (Å²) in [5, 5.41) is 21.0. The van der Waals surface area contributed by atoms with Crippen molar-refractivity contribution in [3.63, 3.8) is 0 Å². The molecule has 0 aliphatic carbocycles. The van der Waals surface area contributed by atoms with Crippen molar-refractivity contribution in [2.75, 3.05) is 0 Å². The van der Waals surface area contributed by atoms with Gasteiger partial charge in [-0.15, -0.1) is 10.2 Å². The second-order valence-electron chi connectivity index (χ2n) is 5.85. The first kappa shape index (κ1) is 18.0. The predicted molar refractivity (Wildman–Crippen MR) is 97.6 cm³/mol. The van der Waals surface area contributed by atoms with Gasteiger partial charge in [0, 0.05) is 17.2 Å². The zero-order valence-electron chi connectivity index (χ0n) is 14.6. The molecule has 0 aliphatic rings. The smallest absolute Gasteiger partial charge is 0.281 e. The number of nitrogens with zero attached hydrogens (tertiary/aromatic N) is 2. The summed E-state index contributed by atoms with van der Waals surface area (Å²) in [6, 6.07) is 11.3. The van der Waals surface area contributed by atoms with E-state index in [-0.39, 0.29) is 16.2 Å². The number of hydrogen-bond donors (Lipinski definition) is 0. The van der Waals surface area contributed by atoms with Gasteiger partial charge < -0.3 is 19.1 Å². The maximum Gasteiger partial charge on any atom is 0.281 e. The number of aliphatic carboxylic acids is 1. The molecule has 0 saturated heterocycles. The minimum Gasteiger partial charge on any atom is -0.544 e. The first-order valence-corrected chi connectivity index (χ1v) is 8.85. The van der Waals surface area contributed by atoms with Gasteiger partial charge in [-0.2, -0.15) is 0 Å². The molecule has 6 nitrogen and oxygen atoms in total. The number of hydrogen-bond acceptors (Lipinski definition) is 7. The number of rotatable bonds is 6. The van der Waals surface area contributed by atoms with Gasteiger partial charge >= 0.3 is 0 Å². The monoisotopic (exact) mass is 369 g/mol. The highest BCUT2D eigenvalue weighted by Crippen LogP contribution is 2.33. The fraction of sp³-hybridized carbons (Fsp3) is 0.211. The highest BCUT2D eigenvalue weighted by Gasteiger charge is 2.11. The average molecular weight is 369 g/mol. The molecule has 1 heterocycles. The maximum atomic E-state index is 11.5. The van der Waals surface area contributed by atoms with Crippen LogP contribution in [0.15, 0.2) is 50.9 Å². The Morgan fingerprint density at radius 1 is 1.19 bits per heavy atom. The van der Waals surface area contributed by atoms with Crippen LogP contribution in [-0.4, -0.2) is 22.3 Å². The Balaban J connectivity index is 2.05. The molecule has 0 amide bonds. The summed E-state index contributed by atoms with van der Waals surface area (Å²) in [7, 11) is 0. The average Bonchev–Trinajstić information content (AvgIpc) is 3.00. The lowest BCUT2D eigenvalue weighted by Crippen LogP contribution is -2.23. The quantitative estimate of drug-likeness (QED) is 0.487. The summed E-state index contributed by atoms with van der Waals surface area (Å²) in [6.45, 7) is 5.56. The van der Waals surface area contributed by atoms with Crippen LogP contribution in [0.25, 0.3) is 16.8 Å². The summed E-state index contributed by atoms with van der Waals surface area (Å²) < 4.78 is 11.1. The van der Waals surface area contributed by atoms with Crippen LogP contribution in [0.5, 0.6) is 5.75 Å². The molecule has 0 N–H and O–H groups in total. The minimum absolute atomic E-state index is 0.0173. The molecule has 134 valence electrons. The van der Waals surface area contributed by atoms with E-state index in [9.17, 15) is 9.90 Å². The van der Waals surface area contributed by atoms with Crippen LogP contribution >= 0.6 is 11.8 Å². The number of carbonyl (C=O) groups excluding carboxylic acids is 1. The van der Waals surface area contributed by atoms with Crippen molar-refractivity contribution in [3.05, 3.63) is 52.8 Å². The fourth-order valence-electron chi connectivity index (χ4n) is 2.46. The van der Waals surface area contributed by atoms with Crippen molar-refractivity contribution in [2.24, 2.45) is 0 Å². The van der Waals surface area contributed by atoms with Crippen molar-refractivity contribution < 1.29 is 19.1 Å². The SMILES string of the molecule is Cc1nnc(S/C(=C\c2ccc(OC(C)C)c3ccccc23)C(=O)[O-])o1. The number of aromatic nitrogens is 2. The third-order valence-corrected chi connectivity index (χ3v) is 4.32. The van der Waals surface area contributed by atoms with E-state index < -0.39 is 5.97 Å². The lowest BCUT2D eigenvalue weighted by molar-refractivity contribution is -0.298. The zero-order valence-corrected chi connectivity index (χ0v) is 15.4. The molecule has 2 aromatic carbocycles. The first-order valence-electron chi connectivity index (χ1n) is 8.03. The van der Waals surface area contributed by atoms with Gasteiger partial charge in [-0.05, 0) is 48.7 Å². The molecule has 0 unspecified atom stereocenters. The third kappa shape index (κ3) is 4.05. The van der Waals surface area contributed by atoms with Gasteiger partial charge in [-0.3, -0.25) is 0 Å². The van der Waals surface area contributed by atoms with Gasteiger partial charge in [-0.1, -0.05) is 30.3 Å². The Hall–Kier alpha value is -2.80. The number of carboxylic acid groups (broad SMARTS) is 1. The zero-order chi connectivity index (χ0) is 18.7. The van der Waals surface area contributed by atoms with Crippen molar-refractivity contribution in [1.82, 2.24) is 10.2 Å². The Morgan fingerprint density at radius 2 is 1.92 bits per heavy atom. The summed E-state index contributed by atoms with van der Waals surface area (Å²) in [5.74, 6) is -0.189. The Labute approximate surface area is 154 Å². The second-order valence-corrected chi connectivity index (χ2v) is 6.84. The second kappa shape index (κ2) is 7.61. The molecule has 0 fully saturated rings. The van der Waals surface area contributed by atoms with Crippen LogP contribution in [0.4, 0.5) is 0 Å². The van der Waals surface area contributed by atoms with E-state index in [0.717, 1.165) is 33.8 Å². The van der Waals surface area contributed by atoms with Crippen molar-refractivity contribution in [3.8, 4) is 5.75 Å². The van der Waals surface area contributed by atoms with E-state index in [2.05, 4.69) is 10.2 Å². The standard InChI is InChI=1S/C19H18N2O4S/c1-11(2)24-16-9-8-13(14-6-4-5-7-15(14)16)10-17(18(22)23)26-19-21-20-12(3)25-19/h4-11H,1-3H3,(H,22,23)/p-1/b17-10-. The molecule has 0 aliphatic heterocycles. The Morgan fingerprint density at radius 3 is 2.54 bits per heavy atom. The maximum absolute atomic E-state index is 11.5. The number of benzene rings is 2. The molecular weight excluding hydrogens is 352 g/mol. The Bertz CT molecular complexity index is 979. The van der Waals surface area contributed by atoms with E-state index in [1.807, 2.05) is 50.2 Å². The number of ether oxygens (including phenoxy) is 1. The van der Waals surface area contributed by atoms with E-state index in [1.54, 1.807) is 13.0 Å². The van der Waals surface area contributed by atoms with Gasteiger partial charge in [0.15, 0.2) is 0 Å². The molecule has 0 spiro atoms. The summed E-state index contributed by atoms with van der Waals surface area (Å²) in [5.41, 5.74) is 0.736. The van der Waals surface area contributed by atoms with Gasteiger partial charge in [0.2, 0.25) is 5.89 Å². The number of aryl methyl sites for hydroxylation is 1. The molecule has 0 bridgehead atoms. The third-order valence-electron chi connectivity index (χ3n) is 3.47. The Kier molecular flexibility index (Phi) is 5.27. The van der Waals surface area contributed by atoms with Crippen LogP contribution in [0.1, 0.15) is 25.3 Å². The molecule has 3 aromatic rings. The highest BCUT2D eigenvalue weighted by molar-refractivity contribution is 8.03. The van der Waals surface area contributed by atoms with Gasteiger partial charge in [0.1, 0.15) is 5.75 Å². The van der Waals surface area contributed by atoms with Crippen LogP contribution in [-0.2, 0) is 4.79 Å². The fourth-order valence-corrected chi connectivity index (χ4v) is 3.16. The van der Waals surface area contributed by atoms with Gasteiger partial charge in [0.25, 0.3) is 5.22 Å². The minimum atomic E-state index is -1.31. The molecule has 7 heteroatoms. The van der Waals surface area contributed by atoms with Gasteiger partial charge in [-0.25, -0.2) is 0 Å². The van der Waals surface area contributed by atoms with Crippen LogP contribution in [0.2, 0.25) is 0 Å². The molecule has 1 aromatic heterocycles. The van der Waals surface area contributed by atoms with E-state index >= 15 is 0 Å². The van der Waals surface area contributed by atoms with Crippen molar-refractivity contribution in [2.45, 2.75) is 32.1 Å². The summed E-state index contributed by atoms with van der Waals surface area (Å²) in [4.78, 5) is 11.5. The molecule has 0 radical (unpaired) electrons. The van der Waals surface area contributed by atoms with Crippen molar-refractivity contribution >= 4 is 34.6 Å². The summed E-state index contributed by atoms with van der Waals surface area (Å²) >= 11 is 0.863. The highest BCUT2D eigenvalue weighted by atomic mass is 32.2. The number of carbonyl (C=O) groups is 1. The molecular formula is C19H17N2O4S-. The van der Waals surface area contributed by atoms with Crippen molar-refractivity contribution in [1.29, 1.82) is 0 Å². The van der Waals surface area contributed by atoms with E-state index in [0.29, 0.717) is 5.89 Å². The predicted octanol–water partition coefficient (Wildman–Crippen LogP) is 3.20. The van der Waals surface area contributed by atoms with Crippen LogP contribution in [0.3, 0.4) is 0 Å². The topological polar surface area (TPSA) is 88.3 Å². The van der Waals surface area contributed by atoms with E-state index in [1.165, 1.54) is 0 Å². The lowest BCUT2D eigenvalue weighted by Gasteiger charge is -2.14.